The van der Waals surface area contributed by atoms with E-state index in [0.29, 0.717) is 12.8 Å². The molecule has 1 saturated carbocycles. The Kier molecular flexibility index (Phi) is 3.50. The van der Waals surface area contributed by atoms with Crippen molar-refractivity contribution in [3.05, 3.63) is 35.4 Å². The molecule has 1 aromatic carbocycles. The number of rotatable bonds is 5. The van der Waals surface area contributed by atoms with Crippen molar-refractivity contribution in [1.29, 1.82) is 0 Å². The topological polar surface area (TPSA) is 66.4 Å². The molecule has 1 fully saturated rings. The summed E-state index contributed by atoms with van der Waals surface area (Å²) >= 11 is 0. The van der Waals surface area contributed by atoms with E-state index < -0.39 is 23.7 Å². The van der Waals surface area contributed by atoms with E-state index in [0.717, 1.165) is 6.07 Å². The molecule has 2 rings (SSSR count). The molecule has 0 spiro atoms. The molecule has 0 saturated heterocycles. The smallest absolute Gasteiger partial charge is 0.311 e. The van der Waals surface area contributed by atoms with E-state index in [2.05, 4.69) is 5.32 Å². The largest absolute Gasteiger partial charge is 0.481 e. The average molecular weight is 269 g/mol. The number of amides is 1. The highest BCUT2D eigenvalue weighted by Crippen LogP contribution is 2.45. The summed E-state index contributed by atoms with van der Waals surface area (Å²) in [7, 11) is 0. The van der Waals surface area contributed by atoms with Gasteiger partial charge >= 0.3 is 5.97 Å². The van der Waals surface area contributed by atoms with Crippen LogP contribution in [0.15, 0.2) is 24.3 Å². The third-order valence-electron chi connectivity index (χ3n) is 3.30. The molecule has 0 aromatic heterocycles. The minimum absolute atomic E-state index is 0.0279. The zero-order chi connectivity index (χ0) is 14.0. The van der Waals surface area contributed by atoms with Crippen LogP contribution in [0.3, 0.4) is 0 Å². The fourth-order valence-electron chi connectivity index (χ4n) is 1.78. The lowest BCUT2D eigenvalue weighted by Crippen LogP contribution is -2.34. The lowest BCUT2D eigenvalue weighted by Gasteiger charge is -2.11. The second-order valence-electron chi connectivity index (χ2n) is 4.69. The Morgan fingerprint density at radius 2 is 2.05 bits per heavy atom. The third-order valence-corrected chi connectivity index (χ3v) is 3.30. The van der Waals surface area contributed by atoms with Gasteiger partial charge in [-0.2, -0.15) is 0 Å². The number of hydrogen-bond donors (Lipinski definition) is 2. The molecule has 6 heteroatoms. The van der Waals surface area contributed by atoms with Crippen molar-refractivity contribution in [3.63, 3.8) is 0 Å². The molecule has 0 unspecified atom stereocenters. The van der Waals surface area contributed by atoms with E-state index in [1.165, 1.54) is 18.2 Å². The van der Waals surface area contributed by atoms with Gasteiger partial charge in [-0.1, -0.05) is 12.1 Å². The maximum absolute atomic E-state index is 12.5. The first-order valence-electron chi connectivity index (χ1n) is 5.84. The highest BCUT2D eigenvalue weighted by Gasteiger charge is 2.50. The van der Waals surface area contributed by atoms with Crippen LogP contribution in [-0.2, 0) is 4.79 Å². The molecule has 0 aliphatic heterocycles. The normalized spacial score (nSPS) is 16.2. The van der Waals surface area contributed by atoms with E-state index in [-0.39, 0.29) is 17.7 Å². The summed E-state index contributed by atoms with van der Waals surface area (Å²) < 4.78 is 25.0. The van der Waals surface area contributed by atoms with Crippen LogP contribution in [0.4, 0.5) is 8.78 Å². The van der Waals surface area contributed by atoms with Crippen LogP contribution in [-0.4, -0.2) is 23.5 Å². The quantitative estimate of drug-likeness (QED) is 0.861. The zero-order valence-electron chi connectivity index (χ0n) is 10.0. The molecule has 19 heavy (non-hydrogen) atoms. The second kappa shape index (κ2) is 4.95. The van der Waals surface area contributed by atoms with Crippen molar-refractivity contribution in [2.75, 3.05) is 6.54 Å². The van der Waals surface area contributed by atoms with Crippen molar-refractivity contribution in [3.8, 4) is 0 Å². The first-order valence-corrected chi connectivity index (χ1v) is 5.84. The van der Waals surface area contributed by atoms with Crippen LogP contribution in [0, 0.1) is 5.41 Å². The minimum atomic E-state index is -2.64. The monoisotopic (exact) mass is 269 g/mol. The molecular formula is C13H13F2NO3. The van der Waals surface area contributed by atoms with Crippen LogP contribution in [0.2, 0.25) is 0 Å². The van der Waals surface area contributed by atoms with Crippen molar-refractivity contribution in [2.24, 2.45) is 5.41 Å². The molecule has 0 bridgehead atoms. The van der Waals surface area contributed by atoms with Crippen molar-refractivity contribution in [1.82, 2.24) is 5.32 Å². The Bertz CT molecular complexity index is 512. The van der Waals surface area contributed by atoms with Crippen molar-refractivity contribution in [2.45, 2.75) is 19.3 Å². The maximum Gasteiger partial charge on any atom is 0.311 e. The van der Waals surface area contributed by atoms with Crippen LogP contribution in [0.25, 0.3) is 0 Å². The summed E-state index contributed by atoms with van der Waals surface area (Å²) in [6, 6.07) is 5.14. The first-order chi connectivity index (χ1) is 8.94. The van der Waals surface area contributed by atoms with Crippen LogP contribution in [0.5, 0.6) is 0 Å². The molecule has 1 amide bonds. The van der Waals surface area contributed by atoms with Gasteiger partial charge < -0.3 is 10.4 Å². The van der Waals surface area contributed by atoms with Crippen LogP contribution in [0.1, 0.15) is 35.2 Å². The number of nitrogens with one attached hydrogen (secondary N) is 1. The minimum Gasteiger partial charge on any atom is -0.481 e. The third kappa shape index (κ3) is 2.89. The molecule has 1 aliphatic carbocycles. The van der Waals surface area contributed by atoms with Gasteiger partial charge in [0.2, 0.25) is 0 Å². The highest BCUT2D eigenvalue weighted by atomic mass is 19.3. The highest BCUT2D eigenvalue weighted by molar-refractivity contribution is 5.94. The summed E-state index contributed by atoms with van der Waals surface area (Å²) in [5.74, 6) is -1.47. The molecule has 4 nitrogen and oxygen atoms in total. The van der Waals surface area contributed by atoms with E-state index in [1.807, 2.05) is 0 Å². The predicted molar refractivity (Wildman–Crippen MR) is 63.0 cm³/mol. The molecule has 0 heterocycles. The fourth-order valence-corrected chi connectivity index (χ4v) is 1.78. The van der Waals surface area contributed by atoms with Gasteiger partial charge in [0.15, 0.2) is 0 Å². The van der Waals surface area contributed by atoms with Gasteiger partial charge in [0.05, 0.1) is 5.41 Å². The number of alkyl halides is 2. The molecule has 102 valence electrons. The Balaban J connectivity index is 2.00. The Morgan fingerprint density at radius 3 is 2.58 bits per heavy atom. The number of benzene rings is 1. The summed E-state index contributed by atoms with van der Waals surface area (Å²) in [6.07, 6.45) is -1.58. The zero-order valence-corrected chi connectivity index (χ0v) is 10.0. The molecule has 0 atom stereocenters. The fraction of sp³-hybridized carbons (Fsp3) is 0.385. The van der Waals surface area contributed by atoms with Gasteiger partial charge in [-0.05, 0) is 25.0 Å². The van der Waals surface area contributed by atoms with Gasteiger partial charge in [-0.15, -0.1) is 0 Å². The van der Waals surface area contributed by atoms with Crippen LogP contribution >= 0.6 is 0 Å². The average Bonchev–Trinajstić information content (AvgIpc) is 3.17. The maximum atomic E-state index is 12.5. The molecular weight excluding hydrogens is 256 g/mol. The number of hydrogen-bond acceptors (Lipinski definition) is 2. The Morgan fingerprint density at radius 1 is 1.37 bits per heavy atom. The Hall–Kier alpha value is -1.98. The van der Waals surface area contributed by atoms with Gasteiger partial charge in [0.1, 0.15) is 0 Å². The first kappa shape index (κ1) is 13.5. The molecule has 0 radical (unpaired) electrons. The van der Waals surface area contributed by atoms with E-state index in [1.54, 1.807) is 0 Å². The number of carbonyl (C=O) groups excluding carboxylic acids is 1. The lowest BCUT2D eigenvalue weighted by atomic mass is 10.1. The second-order valence-corrected chi connectivity index (χ2v) is 4.69. The standard InChI is InChI=1S/C13H13F2NO3/c14-10(15)8-2-1-3-9(6-8)11(17)16-7-13(4-5-13)12(18)19/h1-3,6,10H,4-5,7H2,(H,16,17)(H,18,19). The lowest BCUT2D eigenvalue weighted by molar-refractivity contribution is -0.143. The number of carbonyl (C=O) groups is 2. The summed E-state index contributed by atoms with van der Waals surface area (Å²) in [6.45, 7) is 0.0279. The van der Waals surface area contributed by atoms with E-state index in [9.17, 15) is 18.4 Å². The summed E-state index contributed by atoms with van der Waals surface area (Å²) in [5.41, 5.74) is -0.985. The van der Waals surface area contributed by atoms with Crippen molar-refractivity contribution < 1.29 is 23.5 Å². The number of aliphatic carboxylic acids is 1. The summed E-state index contributed by atoms with van der Waals surface area (Å²) in [4.78, 5) is 22.7. The number of carboxylic acids is 1. The number of halogens is 2. The van der Waals surface area contributed by atoms with Gasteiger partial charge in [0, 0.05) is 17.7 Å². The van der Waals surface area contributed by atoms with Crippen molar-refractivity contribution >= 4 is 11.9 Å². The van der Waals surface area contributed by atoms with E-state index >= 15 is 0 Å². The molecule has 1 aliphatic rings. The summed E-state index contributed by atoms with van der Waals surface area (Å²) in [5, 5.41) is 11.4. The van der Waals surface area contributed by atoms with Crippen LogP contribution < -0.4 is 5.32 Å². The molecule has 1 aromatic rings. The molecule has 2 N–H and O–H groups in total. The number of carboxylic acid groups (broad SMARTS) is 1. The Labute approximate surface area is 108 Å². The van der Waals surface area contributed by atoms with E-state index in [4.69, 9.17) is 5.11 Å². The van der Waals surface area contributed by atoms with Gasteiger partial charge in [-0.25, -0.2) is 8.78 Å². The predicted octanol–water partition coefficient (Wildman–Crippen LogP) is 2.22. The SMILES string of the molecule is O=C(NCC1(C(=O)O)CC1)c1cccc(C(F)F)c1. The van der Waals surface area contributed by atoms with Gasteiger partial charge in [0.25, 0.3) is 12.3 Å². The van der Waals surface area contributed by atoms with Gasteiger partial charge in [-0.3, -0.25) is 9.59 Å².